The Balaban J connectivity index is 0.762. The van der Waals surface area contributed by atoms with Crippen LogP contribution in [0, 0.1) is 39.5 Å². The van der Waals surface area contributed by atoms with Gasteiger partial charge in [-0.25, -0.2) is 9.97 Å². The van der Waals surface area contributed by atoms with E-state index in [1.807, 2.05) is 106 Å². The van der Waals surface area contributed by atoms with E-state index < -0.39 is 18.1 Å². The molecule has 3 aliphatic rings. The minimum Gasteiger partial charge on any atom is -0.474 e. The molecule has 372 valence electrons. The Kier molecular flexibility index (Phi) is 13.4. The third kappa shape index (κ3) is 9.59. The van der Waals surface area contributed by atoms with Crippen LogP contribution in [0.15, 0.2) is 95.1 Å². The summed E-state index contributed by atoms with van der Waals surface area (Å²) in [5, 5.41) is 21.7. The highest BCUT2D eigenvalue weighted by molar-refractivity contribution is 7.15. The first-order chi connectivity index (χ1) is 34.6. The van der Waals surface area contributed by atoms with Crippen molar-refractivity contribution in [1.82, 2.24) is 50.0 Å². The minimum absolute atomic E-state index is 0.0769. The number of oxazole rings is 1. The SMILES string of the molecule is Cc1ncoc1-c1ccc([C@H](C)NC(=O)[C@@H]2C[C@@H](C)CN2C(=O)[C@@H](C(C)C)n2cc(-c3ccnc(OC4CC(NC(=O)C[C@@H]5N=C(c6ccc(Cl)cc6)c6c(sc(C)c6C)-n6c(C)nnc65)C4)c3)cn2)cc1. The Morgan fingerprint density at radius 2 is 1.67 bits per heavy atom. The van der Waals surface area contributed by atoms with Gasteiger partial charge in [0.15, 0.2) is 18.0 Å². The van der Waals surface area contributed by atoms with Gasteiger partial charge in [-0.15, -0.1) is 21.5 Å². The van der Waals surface area contributed by atoms with E-state index >= 15 is 0 Å². The summed E-state index contributed by atoms with van der Waals surface area (Å²) < 4.78 is 15.6. The van der Waals surface area contributed by atoms with Crippen molar-refractivity contribution in [2.75, 3.05) is 6.54 Å². The van der Waals surface area contributed by atoms with Gasteiger partial charge in [0.25, 0.3) is 0 Å². The summed E-state index contributed by atoms with van der Waals surface area (Å²) in [5.41, 5.74) is 8.16. The van der Waals surface area contributed by atoms with Crippen LogP contribution in [0.3, 0.4) is 0 Å². The van der Waals surface area contributed by atoms with Crippen molar-refractivity contribution < 1.29 is 23.5 Å². The number of thiophene rings is 1. The molecule has 72 heavy (non-hydrogen) atoms. The van der Waals surface area contributed by atoms with E-state index in [0.717, 1.165) is 61.2 Å². The lowest BCUT2D eigenvalue weighted by atomic mass is 9.89. The maximum atomic E-state index is 14.5. The van der Waals surface area contributed by atoms with Crippen molar-refractivity contribution in [2.45, 2.75) is 117 Å². The molecule has 1 saturated carbocycles. The van der Waals surface area contributed by atoms with Gasteiger partial charge in [-0.2, -0.15) is 5.10 Å². The lowest BCUT2D eigenvalue weighted by Gasteiger charge is -2.35. The number of hydrogen-bond acceptors (Lipinski definition) is 12. The standard InChI is InChI=1S/C54H58ClN11O5S/c1-28(2)49(53(69)64-25-29(3)19-44(64)52(68)59-31(5)35-9-11-37(12-10-35)50-32(6)57-27-70-50)65-26-39(24-58-65)38-17-18-56-46(20-38)71-42-21-41(22-42)60-45(67)23-43-51-63-62-34(8)66(51)54-47(30(4)33(7)72-54)48(61-43)36-13-15-40(55)16-14-36/h9-18,20,24,26-29,31,41-44,49H,19,21-23,25H2,1-8H3,(H,59,68)(H,60,67)/t29-,31+,41?,42?,43+,44+,49-/m1/s1. The first-order valence-electron chi connectivity index (χ1n) is 24.5. The molecule has 0 bridgehead atoms. The number of pyridine rings is 1. The molecule has 2 N–H and O–H groups in total. The van der Waals surface area contributed by atoms with Crippen molar-refractivity contribution in [2.24, 2.45) is 16.8 Å². The number of aliphatic imine (C=N–C) groups is 1. The van der Waals surface area contributed by atoms with E-state index in [4.69, 9.17) is 30.8 Å². The Hall–Kier alpha value is -6.98. The van der Waals surface area contributed by atoms with E-state index in [1.54, 1.807) is 33.3 Å². The van der Waals surface area contributed by atoms with Gasteiger partial charge in [0.1, 0.15) is 35.1 Å². The van der Waals surface area contributed by atoms with E-state index in [0.29, 0.717) is 48.3 Å². The molecule has 5 aromatic heterocycles. The van der Waals surface area contributed by atoms with Gasteiger partial charge in [-0.05, 0) is 87.8 Å². The van der Waals surface area contributed by atoms with Gasteiger partial charge in [0.05, 0.1) is 30.1 Å². The molecule has 1 saturated heterocycles. The molecule has 2 fully saturated rings. The topological polar surface area (TPSA) is 188 Å². The summed E-state index contributed by atoms with van der Waals surface area (Å²) >= 11 is 7.96. The monoisotopic (exact) mass is 1010 g/mol. The van der Waals surface area contributed by atoms with Crippen LogP contribution in [0.4, 0.5) is 0 Å². The number of fused-ring (bicyclic) bond motifs is 3. The molecule has 2 aliphatic heterocycles. The Morgan fingerprint density at radius 1 is 0.917 bits per heavy atom. The molecule has 7 aromatic rings. The molecule has 0 radical (unpaired) electrons. The first-order valence-corrected chi connectivity index (χ1v) is 25.7. The average Bonchev–Trinajstić information content (AvgIpc) is 4.19. The lowest BCUT2D eigenvalue weighted by molar-refractivity contribution is -0.142. The van der Waals surface area contributed by atoms with Crippen LogP contribution in [0.25, 0.3) is 27.5 Å². The molecule has 0 spiro atoms. The highest BCUT2D eigenvalue weighted by Crippen LogP contribution is 2.40. The molecule has 16 nitrogen and oxygen atoms in total. The number of carbonyl (C=O) groups is 3. The molecule has 10 rings (SSSR count). The highest BCUT2D eigenvalue weighted by Gasteiger charge is 2.42. The number of nitrogens with one attached hydrogen (secondary N) is 2. The quantitative estimate of drug-likeness (QED) is 0.106. The molecular formula is C54H58ClN11O5S. The minimum atomic E-state index is -0.631. The second-order valence-electron chi connectivity index (χ2n) is 19.8. The number of likely N-dealkylation sites (tertiary alicyclic amines) is 1. The van der Waals surface area contributed by atoms with Crippen LogP contribution in [0.1, 0.15) is 116 Å². The van der Waals surface area contributed by atoms with Crippen LogP contribution in [0.5, 0.6) is 5.88 Å². The molecule has 7 heterocycles. The summed E-state index contributed by atoms with van der Waals surface area (Å²) in [6.07, 6.45) is 8.50. The summed E-state index contributed by atoms with van der Waals surface area (Å²) in [6.45, 7) is 16.5. The maximum Gasteiger partial charge on any atom is 0.248 e. The van der Waals surface area contributed by atoms with Gasteiger partial charge in [-0.3, -0.25) is 28.6 Å². The predicted octanol–water partition coefficient (Wildman–Crippen LogP) is 9.45. The number of aromatic nitrogens is 7. The third-order valence-corrected chi connectivity index (χ3v) is 15.6. The fourth-order valence-electron chi connectivity index (χ4n) is 10.1. The second-order valence-corrected chi connectivity index (χ2v) is 21.5. The zero-order valence-corrected chi connectivity index (χ0v) is 43.2. The fraction of sp³-hybridized carbons (Fsp3) is 0.389. The van der Waals surface area contributed by atoms with E-state index in [-0.39, 0.29) is 54.2 Å². The van der Waals surface area contributed by atoms with E-state index in [2.05, 4.69) is 51.6 Å². The molecule has 18 heteroatoms. The Morgan fingerprint density at radius 3 is 2.39 bits per heavy atom. The number of nitrogens with zero attached hydrogens (tertiary/aromatic N) is 9. The largest absolute Gasteiger partial charge is 0.474 e. The lowest BCUT2D eigenvalue weighted by Crippen LogP contribution is -2.49. The van der Waals surface area contributed by atoms with Gasteiger partial charge in [-0.1, -0.05) is 68.8 Å². The third-order valence-electron chi connectivity index (χ3n) is 14.2. The number of rotatable bonds is 14. The highest BCUT2D eigenvalue weighted by atomic mass is 35.5. The number of hydrogen-bond donors (Lipinski definition) is 2. The van der Waals surface area contributed by atoms with Crippen LogP contribution >= 0.6 is 22.9 Å². The zero-order chi connectivity index (χ0) is 50.5. The van der Waals surface area contributed by atoms with Gasteiger partial charge < -0.3 is 24.7 Å². The summed E-state index contributed by atoms with van der Waals surface area (Å²) in [5.74, 6) is 2.12. The Labute approximate surface area is 427 Å². The molecule has 1 aliphatic carbocycles. The van der Waals surface area contributed by atoms with Gasteiger partial charge in [0.2, 0.25) is 23.6 Å². The normalized spacial score (nSPS) is 20.2. The number of halogens is 1. The molecule has 5 atom stereocenters. The number of ether oxygens (including phenoxy) is 1. The fourth-order valence-corrected chi connectivity index (χ4v) is 11.5. The summed E-state index contributed by atoms with van der Waals surface area (Å²) in [6, 6.07) is 17.1. The number of aryl methyl sites for hydroxylation is 3. The van der Waals surface area contributed by atoms with Crippen molar-refractivity contribution in [1.29, 1.82) is 0 Å². The van der Waals surface area contributed by atoms with Crippen molar-refractivity contribution >= 4 is 46.4 Å². The zero-order valence-electron chi connectivity index (χ0n) is 41.6. The summed E-state index contributed by atoms with van der Waals surface area (Å²) in [4.78, 5) is 59.1. The van der Waals surface area contributed by atoms with Crippen molar-refractivity contribution in [3.63, 3.8) is 0 Å². The Bertz CT molecular complexity index is 3190. The van der Waals surface area contributed by atoms with Crippen LogP contribution in [-0.2, 0) is 14.4 Å². The predicted molar refractivity (Wildman–Crippen MR) is 275 cm³/mol. The molecule has 0 unspecified atom stereocenters. The second kappa shape index (κ2) is 19.9. The van der Waals surface area contributed by atoms with Crippen molar-refractivity contribution in [3.8, 4) is 33.3 Å². The smallest absolute Gasteiger partial charge is 0.248 e. The number of amides is 3. The van der Waals surface area contributed by atoms with Gasteiger partial charge in [0, 0.05) is 76.0 Å². The van der Waals surface area contributed by atoms with Gasteiger partial charge >= 0.3 is 0 Å². The van der Waals surface area contributed by atoms with E-state index in [1.165, 1.54) is 11.3 Å². The van der Waals surface area contributed by atoms with Crippen LogP contribution < -0.4 is 15.4 Å². The van der Waals surface area contributed by atoms with Crippen LogP contribution in [-0.4, -0.2) is 87.6 Å². The molecule has 3 amide bonds. The van der Waals surface area contributed by atoms with Crippen LogP contribution in [0.2, 0.25) is 5.02 Å². The first kappa shape index (κ1) is 48.6. The van der Waals surface area contributed by atoms with E-state index in [9.17, 15) is 14.4 Å². The number of benzene rings is 2. The average molecular weight is 1010 g/mol. The molecule has 2 aromatic carbocycles. The number of carbonyl (C=O) groups excluding carboxylic acids is 3. The summed E-state index contributed by atoms with van der Waals surface area (Å²) in [7, 11) is 0. The molecular weight excluding hydrogens is 950 g/mol. The maximum absolute atomic E-state index is 14.5. The van der Waals surface area contributed by atoms with Crippen molar-refractivity contribution in [3.05, 3.63) is 135 Å².